The molecule has 1 N–H and O–H groups in total. The average molecular weight is 341 g/mol. The van der Waals surface area contributed by atoms with Crippen LogP contribution in [-0.2, 0) is 0 Å². The van der Waals surface area contributed by atoms with E-state index in [0.717, 1.165) is 11.1 Å². The van der Waals surface area contributed by atoms with E-state index in [1.165, 1.54) is 5.56 Å². The lowest BCUT2D eigenvalue weighted by Gasteiger charge is -2.07. The number of hydrogen-bond donors (Lipinski definition) is 1. The summed E-state index contributed by atoms with van der Waals surface area (Å²) in [4.78, 5) is 19.5. The first kappa shape index (κ1) is 13.8. The van der Waals surface area contributed by atoms with Gasteiger partial charge in [0.1, 0.15) is 10.3 Å². The highest BCUT2D eigenvalue weighted by Crippen LogP contribution is 2.25. The summed E-state index contributed by atoms with van der Waals surface area (Å²) < 4.78 is 0.449. The molecule has 0 radical (unpaired) electrons. The van der Waals surface area contributed by atoms with Gasteiger partial charge >= 0.3 is 0 Å². The number of nitrogens with zero attached hydrogens (tertiary/aromatic N) is 1. The molecule has 0 atom stereocenters. The van der Waals surface area contributed by atoms with E-state index in [0.29, 0.717) is 16.0 Å². The number of rotatable bonds is 2. The van der Waals surface area contributed by atoms with Crippen molar-refractivity contribution in [2.75, 3.05) is 0 Å². The van der Waals surface area contributed by atoms with Gasteiger partial charge < -0.3 is 4.98 Å². The predicted molar refractivity (Wildman–Crippen MR) is 88.2 cm³/mol. The summed E-state index contributed by atoms with van der Waals surface area (Å²) in [6.07, 6.45) is 0. The Balaban J connectivity index is 2.19. The molecule has 3 aromatic rings. The molecule has 0 saturated carbocycles. The number of benzene rings is 2. The first-order valence-corrected chi connectivity index (χ1v) is 7.37. The van der Waals surface area contributed by atoms with Crippen LogP contribution in [0.15, 0.2) is 63.9 Å². The van der Waals surface area contributed by atoms with Crippen molar-refractivity contribution in [1.82, 2.24) is 9.97 Å². The van der Waals surface area contributed by atoms with Crippen LogP contribution < -0.4 is 5.56 Å². The lowest BCUT2D eigenvalue weighted by Crippen LogP contribution is -2.11. The van der Waals surface area contributed by atoms with E-state index >= 15 is 0 Å². The molecule has 1 heterocycles. The SMILES string of the molecule is Cc1ccc(-c2nc(-c3ccccc3)c(Br)c(=O)[nH]2)cc1. The molecular formula is C17H13BrN2O. The van der Waals surface area contributed by atoms with Gasteiger partial charge in [0, 0.05) is 11.1 Å². The molecule has 0 fully saturated rings. The second kappa shape index (κ2) is 5.66. The third-order valence-electron chi connectivity index (χ3n) is 3.24. The molecule has 0 amide bonds. The largest absolute Gasteiger partial charge is 0.306 e. The molecule has 0 bridgehead atoms. The molecule has 0 aliphatic heterocycles. The molecule has 0 saturated heterocycles. The number of halogens is 1. The van der Waals surface area contributed by atoms with Gasteiger partial charge in [-0.15, -0.1) is 0 Å². The predicted octanol–water partition coefficient (Wildman–Crippen LogP) is 4.17. The second-order valence-electron chi connectivity index (χ2n) is 4.81. The highest BCUT2D eigenvalue weighted by atomic mass is 79.9. The Morgan fingerprint density at radius 2 is 1.62 bits per heavy atom. The average Bonchev–Trinajstić information content (AvgIpc) is 2.51. The molecule has 3 nitrogen and oxygen atoms in total. The van der Waals surface area contributed by atoms with E-state index in [1.54, 1.807) is 0 Å². The highest BCUT2D eigenvalue weighted by Gasteiger charge is 2.11. The Morgan fingerprint density at radius 1 is 0.952 bits per heavy atom. The van der Waals surface area contributed by atoms with Crippen molar-refractivity contribution in [2.24, 2.45) is 0 Å². The van der Waals surface area contributed by atoms with Crippen LogP contribution in [-0.4, -0.2) is 9.97 Å². The van der Waals surface area contributed by atoms with Gasteiger partial charge in [-0.1, -0.05) is 60.2 Å². The minimum absolute atomic E-state index is 0.181. The maximum absolute atomic E-state index is 12.1. The summed E-state index contributed by atoms with van der Waals surface area (Å²) in [5.74, 6) is 0.571. The summed E-state index contributed by atoms with van der Waals surface area (Å²) in [6.45, 7) is 2.02. The lowest BCUT2D eigenvalue weighted by atomic mass is 10.1. The maximum atomic E-state index is 12.1. The van der Waals surface area contributed by atoms with E-state index in [2.05, 4.69) is 25.9 Å². The minimum Gasteiger partial charge on any atom is -0.306 e. The Hall–Kier alpha value is -2.20. The molecule has 4 heteroatoms. The van der Waals surface area contributed by atoms with Crippen LogP contribution in [0.3, 0.4) is 0 Å². The van der Waals surface area contributed by atoms with Gasteiger partial charge in [0.05, 0.1) is 5.69 Å². The normalized spacial score (nSPS) is 10.6. The van der Waals surface area contributed by atoms with Crippen molar-refractivity contribution in [3.63, 3.8) is 0 Å². The molecule has 21 heavy (non-hydrogen) atoms. The second-order valence-corrected chi connectivity index (χ2v) is 5.60. The number of aryl methyl sites for hydroxylation is 1. The van der Waals surface area contributed by atoms with Crippen LogP contribution in [0.4, 0.5) is 0 Å². The summed E-state index contributed by atoms with van der Waals surface area (Å²) in [7, 11) is 0. The van der Waals surface area contributed by atoms with Gasteiger partial charge in [0.25, 0.3) is 5.56 Å². The molecule has 3 rings (SSSR count). The fourth-order valence-electron chi connectivity index (χ4n) is 2.09. The van der Waals surface area contributed by atoms with Crippen LogP contribution >= 0.6 is 15.9 Å². The van der Waals surface area contributed by atoms with Gasteiger partial charge in [-0.3, -0.25) is 4.79 Å². The first-order valence-electron chi connectivity index (χ1n) is 6.57. The zero-order valence-corrected chi connectivity index (χ0v) is 13.0. The Kier molecular flexibility index (Phi) is 3.71. The van der Waals surface area contributed by atoms with Crippen molar-refractivity contribution in [1.29, 1.82) is 0 Å². The fraction of sp³-hybridized carbons (Fsp3) is 0.0588. The van der Waals surface area contributed by atoms with E-state index in [1.807, 2.05) is 61.5 Å². The van der Waals surface area contributed by atoms with Crippen molar-refractivity contribution in [3.05, 3.63) is 75.0 Å². The van der Waals surface area contributed by atoms with Gasteiger partial charge in [0.2, 0.25) is 0 Å². The summed E-state index contributed by atoms with van der Waals surface area (Å²) in [6, 6.07) is 17.6. The standard InChI is InChI=1S/C17H13BrN2O/c1-11-7-9-13(10-8-11)16-19-15(14(18)17(21)20-16)12-5-3-2-4-6-12/h2-10H,1H3,(H,19,20,21). The smallest absolute Gasteiger partial charge is 0.266 e. The Morgan fingerprint density at radius 3 is 2.29 bits per heavy atom. The first-order chi connectivity index (χ1) is 10.1. The van der Waals surface area contributed by atoms with Crippen molar-refractivity contribution in [3.8, 4) is 22.6 Å². The summed E-state index contributed by atoms with van der Waals surface area (Å²) in [5, 5.41) is 0. The summed E-state index contributed by atoms with van der Waals surface area (Å²) in [5.41, 5.74) is 3.43. The number of H-pyrrole nitrogens is 1. The minimum atomic E-state index is -0.181. The molecule has 0 unspecified atom stereocenters. The lowest BCUT2D eigenvalue weighted by molar-refractivity contribution is 1.11. The quantitative estimate of drug-likeness (QED) is 0.760. The highest BCUT2D eigenvalue weighted by molar-refractivity contribution is 9.10. The van der Waals surface area contributed by atoms with E-state index in [-0.39, 0.29) is 5.56 Å². The molecule has 2 aromatic carbocycles. The molecular weight excluding hydrogens is 328 g/mol. The molecule has 0 spiro atoms. The third kappa shape index (κ3) is 2.81. The van der Waals surface area contributed by atoms with Gasteiger partial charge in [0.15, 0.2) is 0 Å². The maximum Gasteiger partial charge on any atom is 0.266 e. The summed E-state index contributed by atoms with van der Waals surface area (Å²) >= 11 is 3.33. The van der Waals surface area contributed by atoms with E-state index in [4.69, 9.17) is 0 Å². The number of aromatic nitrogens is 2. The van der Waals surface area contributed by atoms with Crippen LogP contribution in [0.1, 0.15) is 5.56 Å². The number of hydrogen-bond acceptors (Lipinski definition) is 2. The van der Waals surface area contributed by atoms with Gasteiger partial charge in [-0.25, -0.2) is 4.98 Å². The topological polar surface area (TPSA) is 45.8 Å². The zero-order chi connectivity index (χ0) is 14.8. The van der Waals surface area contributed by atoms with Crippen molar-refractivity contribution in [2.45, 2.75) is 6.92 Å². The van der Waals surface area contributed by atoms with Crippen LogP contribution in [0, 0.1) is 6.92 Å². The molecule has 0 aliphatic rings. The monoisotopic (exact) mass is 340 g/mol. The number of aromatic amines is 1. The van der Waals surface area contributed by atoms with E-state index < -0.39 is 0 Å². The van der Waals surface area contributed by atoms with Crippen LogP contribution in [0.2, 0.25) is 0 Å². The number of nitrogens with one attached hydrogen (secondary N) is 1. The van der Waals surface area contributed by atoms with E-state index in [9.17, 15) is 4.79 Å². The Labute approximate surface area is 130 Å². The van der Waals surface area contributed by atoms with Crippen molar-refractivity contribution < 1.29 is 0 Å². The van der Waals surface area contributed by atoms with Crippen LogP contribution in [0.5, 0.6) is 0 Å². The van der Waals surface area contributed by atoms with Crippen LogP contribution in [0.25, 0.3) is 22.6 Å². The fourth-order valence-corrected chi connectivity index (χ4v) is 2.51. The van der Waals surface area contributed by atoms with Crippen molar-refractivity contribution >= 4 is 15.9 Å². The van der Waals surface area contributed by atoms with Gasteiger partial charge in [-0.2, -0.15) is 0 Å². The van der Waals surface area contributed by atoms with Gasteiger partial charge in [-0.05, 0) is 22.9 Å². The molecule has 104 valence electrons. The zero-order valence-electron chi connectivity index (χ0n) is 11.4. The molecule has 1 aromatic heterocycles. The Bertz CT molecular complexity index is 824. The third-order valence-corrected chi connectivity index (χ3v) is 3.97. The molecule has 0 aliphatic carbocycles.